The Morgan fingerprint density at radius 2 is 1.97 bits per heavy atom. The number of carbonyl (C=O) groups is 2. The van der Waals surface area contributed by atoms with Gasteiger partial charge in [0.25, 0.3) is 0 Å². The first-order valence-electron chi connectivity index (χ1n) is 9.99. The van der Waals surface area contributed by atoms with E-state index in [0.29, 0.717) is 34.7 Å². The van der Waals surface area contributed by atoms with Crippen LogP contribution in [0.5, 0.6) is 0 Å². The maximum Gasteiger partial charge on any atom is 0.435 e. The Balaban J connectivity index is 1.55. The summed E-state index contributed by atoms with van der Waals surface area (Å²) in [7, 11) is 0. The molecule has 3 aromatic rings. The van der Waals surface area contributed by atoms with Crippen LogP contribution in [-0.2, 0) is 23.9 Å². The van der Waals surface area contributed by atoms with Crippen LogP contribution in [0.3, 0.4) is 0 Å². The molecule has 0 aliphatic heterocycles. The maximum absolute atomic E-state index is 13.2. The minimum atomic E-state index is -4.63. The second-order valence-corrected chi connectivity index (χ2v) is 8.13. The maximum atomic E-state index is 13.2. The van der Waals surface area contributed by atoms with E-state index in [1.807, 2.05) is 6.07 Å². The number of benzene rings is 2. The second kappa shape index (κ2) is 8.43. The van der Waals surface area contributed by atoms with Gasteiger partial charge in [-0.25, -0.2) is 4.68 Å². The van der Waals surface area contributed by atoms with Crippen molar-refractivity contribution in [1.29, 1.82) is 0 Å². The van der Waals surface area contributed by atoms with Crippen LogP contribution in [0.4, 0.5) is 13.2 Å². The minimum absolute atomic E-state index is 0.0551. The molecule has 0 fully saturated rings. The smallest absolute Gasteiger partial charge is 0.350 e. The van der Waals surface area contributed by atoms with Crippen molar-refractivity contribution in [3.8, 4) is 5.69 Å². The Kier molecular flexibility index (Phi) is 5.81. The first-order chi connectivity index (χ1) is 15.1. The van der Waals surface area contributed by atoms with E-state index in [1.54, 1.807) is 37.3 Å². The van der Waals surface area contributed by atoms with Gasteiger partial charge >= 0.3 is 6.18 Å². The first-order valence-corrected chi connectivity index (χ1v) is 10.4. The number of nitrogens with one attached hydrogen (secondary N) is 1. The van der Waals surface area contributed by atoms with Gasteiger partial charge < -0.3 is 5.32 Å². The fourth-order valence-corrected chi connectivity index (χ4v) is 3.91. The van der Waals surface area contributed by atoms with Crippen molar-refractivity contribution in [3.63, 3.8) is 0 Å². The molecular formula is C23H19ClF3N3O2. The molecule has 0 spiro atoms. The summed E-state index contributed by atoms with van der Waals surface area (Å²) in [6.07, 6.45) is -3.47. The van der Waals surface area contributed by atoms with E-state index < -0.39 is 17.8 Å². The normalized spacial score (nSPS) is 14.3. The quantitative estimate of drug-likeness (QED) is 0.575. The summed E-state index contributed by atoms with van der Waals surface area (Å²) in [6.45, 7) is 1.52. The van der Waals surface area contributed by atoms with E-state index in [-0.39, 0.29) is 23.9 Å². The predicted octanol–water partition coefficient (Wildman–Crippen LogP) is 5.09. The molecule has 32 heavy (non-hydrogen) atoms. The zero-order chi connectivity index (χ0) is 23.0. The van der Waals surface area contributed by atoms with E-state index in [2.05, 4.69) is 10.4 Å². The summed E-state index contributed by atoms with van der Waals surface area (Å²) in [4.78, 5) is 24.7. The zero-order valence-corrected chi connectivity index (χ0v) is 17.8. The Morgan fingerprint density at radius 1 is 1.19 bits per heavy atom. The lowest BCUT2D eigenvalue weighted by Crippen LogP contribution is -2.28. The third-order valence-corrected chi connectivity index (χ3v) is 5.75. The lowest BCUT2D eigenvalue weighted by molar-refractivity contribution is -0.141. The molecule has 1 heterocycles. The number of hydrogen-bond donors (Lipinski definition) is 1. The topological polar surface area (TPSA) is 64.0 Å². The van der Waals surface area contributed by atoms with Crippen LogP contribution in [0.1, 0.15) is 52.1 Å². The van der Waals surface area contributed by atoms with Gasteiger partial charge in [-0.3, -0.25) is 9.59 Å². The summed E-state index contributed by atoms with van der Waals surface area (Å²) in [5, 5.41) is 6.69. The van der Waals surface area contributed by atoms with E-state index >= 15 is 0 Å². The number of amides is 1. The molecule has 5 nitrogen and oxygen atoms in total. The molecule has 166 valence electrons. The number of rotatable bonds is 5. The van der Waals surface area contributed by atoms with Gasteiger partial charge in [-0.2, -0.15) is 18.3 Å². The summed E-state index contributed by atoms with van der Waals surface area (Å²) in [5.74, 6) is -0.902. The highest BCUT2D eigenvalue weighted by molar-refractivity contribution is 6.30. The molecule has 0 bridgehead atoms. The molecule has 4 rings (SSSR count). The lowest BCUT2D eigenvalue weighted by atomic mass is 9.96. The van der Waals surface area contributed by atoms with Crippen LogP contribution in [-0.4, -0.2) is 21.5 Å². The minimum Gasteiger partial charge on any atom is -0.350 e. The lowest BCUT2D eigenvalue weighted by Gasteiger charge is -2.14. The molecule has 1 N–H and O–H groups in total. The Morgan fingerprint density at radius 3 is 2.69 bits per heavy atom. The number of carbonyl (C=O) groups excluding carboxylic acids is 2. The highest BCUT2D eigenvalue weighted by Gasteiger charge is 2.35. The van der Waals surface area contributed by atoms with Crippen LogP contribution >= 0.6 is 11.6 Å². The number of nitrogens with zero attached hydrogens (tertiary/aromatic N) is 2. The van der Waals surface area contributed by atoms with Crippen molar-refractivity contribution in [2.24, 2.45) is 0 Å². The number of alkyl halides is 3. The number of ketones is 1. The molecule has 1 aliphatic rings. The summed E-state index contributed by atoms with van der Waals surface area (Å²) in [5.41, 5.74) is 1.72. The monoisotopic (exact) mass is 461 g/mol. The van der Waals surface area contributed by atoms with Crippen molar-refractivity contribution in [2.45, 2.75) is 38.4 Å². The molecule has 1 amide bonds. The van der Waals surface area contributed by atoms with E-state index in [0.717, 1.165) is 16.3 Å². The van der Waals surface area contributed by atoms with Gasteiger partial charge in [0.15, 0.2) is 11.5 Å². The van der Waals surface area contributed by atoms with Crippen molar-refractivity contribution in [2.75, 3.05) is 0 Å². The van der Waals surface area contributed by atoms with E-state index in [9.17, 15) is 22.8 Å². The van der Waals surface area contributed by atoms with Gasteiger partial charge in [0, 0.05) is 17.0 Å². The number of fused-ring (bicyclic) bond motifs is 1. The van der Waals surface area contributed by atoms with Gasteiger partial charge in [-0.15, -0.1) is 0 Å². The third kappa shape index (κ3) is 4.41. The molecule has 9 heteroatoms. The Labute approximate surface area is 187 Å². The fourth-order valence-electron chi connectivity index (χ4n) is 3.72. The molecule has 2 aromatic carbocycles. The summed E-state index contributed by atoms with van der Waals surface area (Å²) < 4.78 is 40.9. The Hall–Kier alpha value is -3.13. The second-order valence-electron chi connectivity index (χ2n) is 7.69. The van der Waals surface area contributed by atoms with Crippen LogP contribution < -0.4 is 5.32 Å². The number of aryl methyl sites for hydroxylation is 1. The predicted molar refractivity (Wildman–Crippen MR) is 113 cm³/mol. The summed E-state index contributed by atoms with van der Waals surface area (Å²) in [6, 6.07) is 12.6. The van der Waals surface area contributed by atoms with E-state index in [1.165, 1.54) is 6.07 Å². The highest BCUT2D eigenvalue weighted by atomic mass is 35.5. The average molecular weight is 462 g/mol. The molecule has 1 unspecified atom stereocenters. The number of hydrogen-bond acceptors (Lipinski definition) is 3. The van der Waals surface area contributed by atoms with Crippen molar-refractivity contribution >= 4 is 23.3 Å². The zero-order valence-electron chi connectivity index (χ0n) is 17.0. The van der Waals surface area contributed by atoms with Crippen LogP contribution in [0.25, 0.3) is 5.69 Å². The summed E-state index contributed by atoms with van der Waals surface area (Å²) >= 11 is 5.97. The first kappa shape index (κ1) is 22.1. The van der Waals surface area contributed by atoms with Crippen LogP contribution in [0.15, 0.2) is 48.5 Å². The molecule has 0 saturated heterocycles. The molecule has 0 saturated carbocycles. The Bertz CT molecular complexity index is 1200. The molecule has 1 aromatic heterocycles. The van der Waals surface area contributed by atoms with Crippen molar-refractivity contribution in [3.05, 3.63) is 81.6 Å². The standard InChI is InChI=1S/C23H19ClF3N3O2/c1-13(15-6-5-14-7-8-20(31)19(14)9-15)22(32)28-12-18-11-21(23(25,26)27)29-30(18)17-4-2-3-16(24)10-17/h2-6,9-11,13H,7-8,12H2,1H3,(H,28,32). The number of aromatic nitrogens is 2. The van der Waals surface area contributed by atoms with Gasteiger partial charge in [0.2, 0.25) is 5.91 Å². The van der Waals surface area contributed by atoms with Gasteiger partial charge in [-0.1, -0.05) is 29.8 Å². The molecule has 1 atom stereocenters. The number of halogens is 4. The van der Waals surface area contributed by atoms with Gasteiger partial charge in [-0.05, 0) is 54.8 Å². The highest BCUT2D eigenvalue weighted by Crippen LogP contribution is 2.30. The fraction of sp³-hybridized carbons (Fsp3) is 0.261. The SMILES string of the molecule is CC(C(=O)NCc1cc(C(F)(F)F)nn1-c1cccc(Cl)c1)c1ccc2c(c1)C(=O)CC2. The largest absolute Gasteiger partial charge is 0.435 e. The van der Waals surface area contributed by atoms with Crippen LogP contribution in [0.2, 0.25) is 5.02 Å². The molecular weight excluding hydrogens is 443 g/mol. The average Bonchev–Trinajstić information content (AvgIpc) is 3.35. The van der Waals surface area contributed by atoms with Gasteiger partial charge in [0.1, 0.15) is 0 Å². The van der Waals surface area contributed by atoms with E-state index in [4.69, 9.17) is 11.6 Å². The van der Waals surface area contributed by atoms with Crippen molar-refractivity contribution in [1.82, 2.24) is 15.1 Å². The van der Waals surface area contributed by atoms with Crippen LogP contribution in [0, 0.1) is 0 Å². The van der Waals surface area contributed by atoms with Gasteiger partial charge in [0.05, 0.1) is 23.8 Å². The molecule has 1 aliphatic carbocycles. The molecule has 0 radical (unpaired) electrons. The third-order valence-electron chi connectivity index (χ3n) is 5.52. The number of Topliss-reactive ketones (excluding diaryl/α,β-unsaturated/α-hetero) is 1. The van der Waals surface area contributed by atoms with Crippen molar-refractivity contribution < 1.29 is 22.8 Å².